The van der Waals surface area contributed by atoms with Crippen molar-refractivity contribution in [1.29, 1.82) is 0 Å². The quantitative estimate of drug-likeness (QED) is 0.832. The van der Waals surface area contributed by atoms with Crippen LogP contribution in [0.5, 0.6) is 0 Å². The summed E-state index contributed by atoms with van der Waals surface area (Å²) in [6.45, 7) is 2.03. The Hall–Kier alpha value is -2.21. The molecule has 1 heterocycles. The summed E-state index contributed by atoms with van der Waals surface area (Å²) in [5, 5.41) is 5.01. The van der Waals surface area contributed by atoms with Crippen LogP contribution in [0.4, 0.5) is 5.13 Å². The van der Waals surface area contributed by atoms with E-state index in [2.05, 4.69) is 21.1 Å². The van der Waals surface area contributed by atoms with Gasteiger partial charge in [-0.2, -0.15) is 0 Å². The maximum Gasteiger partial charge on any atom is 0.311 e. The number of ether oxygens (including phenoxy) is 1. The van der Waals surface area contributed by atoms with E-state index < -0.39 is 0 Å². The number of thiazole rings is 1. The van der Waals surface area contributed by atoms with Gasteiger partial charge in [0.25, 0.3) is 0 Å². The fraction of sp³-hybridized carbons (Fsp3) is 0.312. The maximum atomic E-state index is 11.9. The number of carbonyl (C=O) groups excluding carboxylic acids is 2. The Morgan fingerprint density at radius 1 is 1.36 bits per heavy atom. The molecule has 2 aromatic rings. The van der Waals surface area contributed by atoms with E-state index in [1.165, 1.54) is 24.0 Å². The summed E-state index contributed by atoms with van der Waals surface area (Å²) < 4.78 is 4.58. The Bertz CT molecular complexity index is 667. The van der Waals surface area contributed by atoms with Crippen molar-refractivity contribution in [2.24, 2.45) is 0 Å². The molecule has 116 valence electrons. The normalized spacial score (nSPS) is 10.3. The van der Waals surface area contributed by atoms with Gasteiger partial charge in [-0.25, -0.2) is 4.98 Å². The van der Waals surface area contributed by atoms with Gasteiger partial charge in [0.15, 0.2) is 5.13 Å². The molecule has 1 N–H and O–H groups in total. The zero-order valence-corrected chi connectivity index (χ0v) is 13.4. The number of esters is 1. The number of nitrogens with zero attached hydrogens (tertiary/aromatic N) is 1. The molecule has 0 saturated heterocycles. The molecule has 0 fully saturated rings. The molecule has 22 heavy (non-hydrogen) atoms. The summed E-state index contributed by atoms with van der Waals surface area (Å²) in [6.07, 6.45) is 1.20. The van der Waals surface area contributed by atoms with Gasteiger partial charge < -0.3 is 10.1 Å². The molecular weight excluding hydrogens is 300 g/mol. The molecule has 2 rings (SSSR count). The van der Waals surface area contributed by atoms with Crippen molar-refractivity contribution in [1.82, 2.24) is 4.98 Å². The van der Waals surface area contributed by atoms with Crippen LogP contribution in [-0.2, 0) is 27.2 Å². The Kier molecular flexibility index (Phi) is 5.66. The van der Waals surface area contributed by atoms with E-state index >= 15 is 0 Å². The van der Waals surface area contributed by atoms with Crippen LogP contribution < -0.4 is 5.32 Å². The molecule has 1 aromatic carbocycles. The number of methoxy groups -OCH3 is 1. The van der Waals surface area contributed by atoms with Crippen molar-refractivity contribution in [3.63, 3.8) is 0 Å². The Balaban J connectivity index is 1.83. The lowest BCUT2D eigenvalue weighted by Crippen LogP contribution is -2.12. The first kappa shape index (κ1) is 16.2. The number of aromatic nitrogens is 1. The lowest BCUT2D eigenvalue weighted by Gasteiger charge is -2.03. The first-order chi connectivity index (χ1) is 10.6. The number of carbonyl (C=O) groups is 2. The van der Waals surface area contributed by atoms with Gasteiger partial charge in [-0.3, -0.25) is 9.59 Å². The summed E-state index contributed by atoms with van der Waals surface area (Å²) in [7, 11) is 1.34. The molecule has 0 aliphatic heterocycles. The van der Waals surface area contributed by atoms with E-state index in [0.717, 1.165) is 5.56 Å². The molecule has 0 aliphatic rings. The van der Waals surface area contributed by atoms with E-state index in [1.807, 2.05) is 25.1 Å². The minimum atomic E-state index is -0.345. The average molecular weight is 318 g/mol. The smallest absolute Gasteiger partial charge is 0.311 e. The van der Waals surface area contributed by atoms with Crippen LogP contribution in [0.1, 0.15) is 23.2 Å². The van der Waals surface area contributed by atoms with Crippen LogP contribution in [0.3, 0.4) is 0 Å². The largest absolute Gasteiger partial charge is 0.469 e. The highest BCUT2D eigenvalue weighted by molar-refractivity contribution is 7.13. The highest BCUT2D eigenvalue weighted by atomic mass is 32.1. The molecule has 0 aliphatic carbocycles. The molecule has 6 heteroatoms. The number of nitrogens with one attached hydrogen (secondary N) is 1. The van der Waals surface area contributed by atoms with Crippen molar-refractivity contribution in [3.8, 4) is 0 Å². The minimum absolute atomic E-state index is 0.0829. The topological polar surface area (TPSA) is 68.3 Å². The van der Waals surface area contributed by atoms with Crippen molar-refractivity contribution in [2.45, 2.75) is 26.2 Å². The standard InChI is InChI=1S/C16H18N2O3S/c1-11-4-3-5-12(8-11)6-7-14(19)18-16-17-13(10-22-16)9-15(20)21-2/h3-5,8,10H,6-7,9H2,1-2H3,(H,17,18,19). The van der Waals surface area contributed by atoms with Crippen molar-refractivity contribution in [3.05, 3.63) is 46.5 Å². The van der Waals surface area contributed by atoms with Gasteiger partial charge >= 0.3 is 5.97 Å². The van der Waals surface area contributed by atoms with Gasteiger partial charge in [-0.1, -0.05) is 29.8 Å². The van der Waals surface area contributed by atoms with Crippen LogP contribution in [0.2, 0.25) is 0 Å². The molecule has 0 unspecified atom stereocenters. The summed E-state index contributed by atoms with van der Waals surface area (Å²) in [5.41, 5.74) is 2.93. The van der Waals surface area contributed by atoms with Crippen molar-refractivity contribution in [2.75, 3.05) is 12.4 Å². The molecular formula is C16H18N2O3S. The maximum absolute atomic E-state index is 11.9. The van der Waals surface area contributed by atoms with E-state index in [-0.39, 0.29) is 18.3 Å². The highest BCUT2D eigenvalue weighted by Gasteiger charge is 2.10. The Morgan fingerprint density at radius 2 is 2.18 bits per heavy atom. The first-order valence-corrected chi connectivity index (χ1v) is 7.81. The third-order valence-corrected chi connectivity index (χ3v) is 3.88. The molecule has 5 nitrogen and oxygen atoms in total. The second-order valence-corrected chi connectivity index (χ2v) is 5.79. The third-order valence-electron chi connectivity index (χ3n) is 3.07. The summed E-state index contributed by atoms with van der Waals surface area (Å²) in [6, 6.07) is 8.10. The average Bonchev–Trinajstić information content (AvgIpc) is 2.92. The SMILES string of the molecule is COC(=O)Cc1csc(NC(=O)CCc2cccc(C)c2)n1. The fourth-order valence-electron chi connectivity index (χ4n) is 1.97. The van der Waals surface area contributed by atoms with Gasteiger partial charge in [-0.15, -0.1) is 11.3 Å². The van der Waals surface area contributed by atoms with Crippen LogP contribution in [0.25, 0.3) is 0 Å². The number of hydrogen-bond donors (Lipinski definition) is 1. The highest BCUT2D eigenvalue weighted by Crippen LogP contribution is 2.16. The number of benzene rings is 1. The first-order valence-electron chi connectivity index (χ1n) is 6.93. The number of amides is 1. The Labute approximate surface area is 133 Å². The van der Waals surface area contributed by atoms with E-state index in [0.29, 0.717) is 23.7 Å². The number of rotatable bonds is 6. The van der Waals surface area contributed by atoms with E-state index in [9.17, 15) is 9.59 Å². The molecule has 0 spiro atoms. The van der Waals surface area contributed by atoms with Crippen molar-refractivity contribution < 1.29 is 14.3 Å². The van der Waals surface area contributed by atoms with Gasteiger partial charge in [0.2, 0.25) is 5.91 Å². The molecule has 1 aromatic heterocycles. The predicted molar refractivity (Wildman–Crippen MR) is 86.0 cm³/mol. The van der Waals surface area contributed by atoms with Gasteiger partial charge in [0.1, 0.15) is 0 Å². The molecule has 0 radical (unpaired) electrons. The predicted octanol–water partition coefficient (Wildman–Crippen LogP) is 2.74. The second kappa shape index (κ2) is 7.70. The van der Waals surface area contributed by atoms with Crippen LogP contribution in [-0.4, -0.2) is 24.0 Å². The summed E-state index contributed by atoms with van der Waals surface area (Å²) in [5.74, 6) is -0.428. The molecule has 0 saturated carbocycles. The van der Waals surface area contributed by atoms with E-state index in [4.69, 9.17) is 0 Å². The molecule has 0 atom stereocenters. The number of aryl methyl sites for hydroxylation is 2. The molecule has 1 amide bonds. The number of anilines is 1. The third kappa shape index (κ3) is 4.96. The fourth-order valence-corrected chi connectivity index (χ4v) is 2.70. The lowest BCUT2D eigenvalue weighted by molar-refractivity contribution is -0.139. The number of hydrogen-bond acceptors (Lipinski definition) is 5. The van der Waals surface area contributed by atoms with Gasteiger partial charge in [0, 0.05) is 11.8 Å². The zero-order valence-electron chi connectivity index (χ0n) is 12.6. The van der Waals surface area contributed by atoms with Crippen molar-refractivity contribution >= 4 is 28.3 Å². The Morgan fingerprint density at radius 3 is 2.91 bits per heavy atom. The minimum Gasteiger partial charge on any atom is -0.469 e. The van der Waals surface area contributed by atoms with Gasteiger partial charge in [-0.05, 0) is 18.9 Å². The monoisotopic (exact) mass is 318 g/mol. The summed E-state index contributed by atoms with van der Waals surface area (Å²) >= 11 is 1.30. The second-order valence-electron chi connectivity index (χ2n) is 4.93. The van der Waals surface area contributed by atoms with Crippen LogP contribution >= 0.6 is 11.3 Å². The van der Waals surface area contributed by atoms with Gasteiger partial charge in [0.05, 0.1) is 19.2 Å². The van der Waals surface area contributed by atoms with Crippen LogP contribution in [0, 0.1) is 6.92 Å². The van der Waals surface area contributed by atoms with Crippen LogP contribution in [0.15, 0.2) is 29.6 Å². The summed E-state index contributed by atoms with van der Waals surface area (Å²) in [4.78, 5) is 27.3. The zero-order chi connectivity index (χ0) is 15.9. The molecule has 0 bridgehead atoms. The van der Waals surface area contributed by atoms with E-state index in [1.54, 1.807) is 5.38 Å². The lowest BCUT2D eigenvalue weighted by atomic mass is 10.1.